The summed E-state index contributed by atoms with van der Waals surface area (Å²) in [4.78, 5) is 40.1. The number of hydrogen-bond acceptors (Lipinski definition) is 3. The predicted molar refractivity (Wildman–Crippen MR) is 114 cm³/mol. The first-order valence-electron chi connectivity index (χ1n) is 10.1. The van der Waals surface area contributed by atoms with E-state index in [1.54, 1.807) is 36.4 Å². The lowest BCUT2D eigenvalue weighted by Gasteiger charge is -2.25. The molecule has 0 bridgehead atoms. The van der Waals surface area contributed by atoms with Crippen LogP contribution in [0.2, 0.25) is 0 Å². The van der Waals surface area contributed by atoms with Crippen molar-refractivity contribution < 1.29 is 18.8 Å². The maximum Gasteiger partial charge on any atom is 0.262 e. The molecule has 31 heavy (non-hydrogen) atoms. The molecule has 0 aliphatic carbocycles. The highest BCUT2D eigenvalue weighted by molar-refractivity contribution is 6.22. The van der Waals surface area contributed by atoms with Gasteiger partial charge in [0.25, 0.3) is 11.8 Å². The van der Waals surface area contributed by atoms with Gasteiger partial charge in [-0.2, -0.15) is 0 Å². The highest BCUT2D eigenvalue weighted by Crippen LogP contribution is 2.26. The molecule has 0 aromatic heterocycles. The Morgan fingerprint density at radius 2 is 1.45 bits per heavy atom. The van der Waals surface area contributed by atoms with Crippen LogP contribution < -0.4 is 5.32 Å². The number of nitrogens with one attached hydrogen (secondary N) is 1. The van der Waals surface area contributed by atoms with Crippen molar-refractivity contribution in [3.05, 3.63) is 107 Å². The van der Waals surface area contributed by atoms with Crippen LogP contribution in [0.5, 0.6) is 0 Å². The van der Waals surface area contributed by atoms with Gasteiger partial charge in [0, 0.05) is 13.0 Å². The van der Waals surface area contributed by atoms with Crippen molar-refractivity contribution in [3.8, 4) is 0 Å². The number of carbonyl (C=O) groups excluding carboxylic acids is 3. The van der Waals surface area contributed by atoms with E-state index in [-0.39, 0.29) is 18.8 Å². The lowest BCUT2D eigenvalue weighted by molar-refractivity contribution is -0.125. The van der Waals surface area contributed by atoms with Gasteiger partial charge >= 0.3 is 0 Å². The molecule has 1 N–H and O–H groups in total. The van der Waals surface area contributed by atoms with Gasteiger partial charge in [0.1, 0.15) is 11.9 Å². The van der Waals surface area contributed by atoms with Crippen LogP contribution in [0.4, 0.5) is 4.39 Å². The Morgan fingerprint density at radius 3 is 2.10 bits per heavy atom. The SMILES string of the molecule is O=C(NCCc1cccc(F)c1)[C@H](Cc1ccccc1)N1C(=O)c2ccccc2C1=O. The average molecular weight is 416 g/mol. The first-order valence-corrected chi connectivity index (χ1v) is 10.1. The van der Waals surface area contributed by atoms with Crippen LogP contribution >= 0.6 is 0 Å². The minimum Gasteiger partial charge on any atom is -0.354 e. The summed E-state index contributed by atoms with van der Waals surface area (Å²) in [6, 6.07) is 21.0. The van der Waals surface area contributed by atoms with Crippen molar-refractivity contribution in [1.82, 2.24) is 10.2 Å². The second-order valence-electron chi connectivity index (χ2n) is 7.40. The molecular weight excluding hydrogens is 395 g/mol. The number of amides is 3. The summed E-state index contributed by atoms with van der Waals surface area (Å²) in [6.07, 6.45) is 0.641. The molecule has 4 rings (SSSR count). The van der Waals surface area contributed by atoms with E-state index in [4.69, 9.17) is 0 Å². The van der Waals surface area contributed by atoms with Gasteiger partial charge in [-0.25, -0.2) is 4.39 Å². The molecule has 5 nitrogen and oxygen atoms in total. The van der Waals surface area contributed by atoms with E-state index >= 15 is 0 Å². The highest BCUT2D eigenvalue weighted by atomic mass is 19.1. The second-order valence-corrected chi connectivity index (χ2v) is 7.40. The average Bonchev–Trinajstić information content (AvgIpc) is 3.03. The van der Waals surface area contributed by atoms with Crippen LogP contribution in [-0.4, -0.2) is 35.2 Å². The monoisotopic (exact) mass is 416 g/mol. The third-order valence-electron chi connectivity index (χ3n) is 5.31. The van der Waals surface area contributed by atoms with Crippen LogP contribution in [0.25, 0.3) is 0 Å². The summed E-state index contributed by atoms with van der Waals surface area (Å²) in [7, 11) is 0. The molecule has 0 saturated heterocycles. The fraction of sp³-hybridized carbons (Fsp3) is 0.160. The van der Waals surface area contributed by atoms with E-state index in [1.807, 2.05) is 30.3 Å². The molecule has 0 spiro atoms. The quantitative estimate of drug-likeness (QED) is 0.601. The van der Waals surface area contributed by atoms with Crippen molar-refractivity contribution in [2.45, 2.75) is 18.9 Å². The molecule has 0 saturated carbocycles. The van der Waals surface area contributed by atoms with Gasteiger partial charge in [0.05, 0.1) is 11.1 Å². The summed E-state index contributed by atoms with van der Waals surface area (Å²) in [5, 5.41) is 2.81. The number of fused-ring (bicyclic) bond motifs is 1. The summed E-state index contributed by atoms with van der Waals surface area (Å²) in [5.41, 5.74) is 2.20. The summed E-state index contributed by atoms with van der Waals surface area (Å²) in [6.45, 7) is 0.261. The first-order chi connectivity index (χ1) is 15.0. The summed E-state index contributed by atoms with van der Waals surface area (Å²) in [5.74, 6) is -1.70. The summed E-state index contributed by atoms with van der Waals surface area (Å²) < 4.78 is 13.4. The van der Waals surface area contributed by atoms with Gasteiger partial charge in [-0.3, -0.25) is 19.3 Å². The van der Waals surface area contributed by atoms with E-state index in [2.05, 4.69) is 5.32 Å². The number of imide groups is 1. The minimum atomic E-state index is -0.984. The van der Waals surface area contributed by atoms with Gasteiger partial charge in [-0.05, 0) is 41.8 Å². The molecule has 1 atom stereocenters. The van der Waals surface area contributed by atoms with Crippen molar-refractivity contribution in [2.75, 3.05) is 6.54 Å². The van der Waals surface area contributed by atoms with E-state index in [1.165, 1.54) is 12.1 Å². The zero-order chi connectivity index (χ0) is 21.8. The highest BCUT2D eigenvalue weighted by Gasteiger charge is 2.42. The molecule has 3 amide bonds. The van der Waals surface area contributed by atoms with Gasteiger partial charge in [0.2, 0.25) is 5.91 Å². The maximum absolute atomic E-state index is 13.4. The molecule has 0 radical (unpaired) electrons. The Morgan fingerprint density at radius 1 is 0.839 bits per heavy atom. The molecule has 0 fully saturated rings. The number of benzene rings is 3. The van der Waals surface area contributed by atoms with Crippen LogP contribution in [0.1, 0.15) is 31.8 Å². The lowest BCUT2D eigenvalue weighted by atomic mass is 10.0. The second kappa shape index (κ2) is 8.92. The summed E-state index contributed by atoms with van der Waals surface area (Å²) >= 11 is 0. The molecule has 1 aliphatic rings. The number of hydrogen-bond donors (Lipinski definition) is 1. The fourth-order valence-corrected chi connectivity index (χ4v) is 3.77. The van der Waals surface area contributed by atoms with E-state index < -0.39 is 23.8 Å². The van der Waals surface area contributed by atoms with E-state index in [0.29, 0.717) is 17.5 Å². The number of nitrogens with zero attached hydrogens (tertiary/aromatic N) is 1. The first kappa shape index (κ1) is 20.5. The number of halogens is 1. The zero-order valence-corrected chi connectivity index (χ0v) is 16.8. The molecule has 6 heteroatoms. The number of carbonyl (C=O) groups is 3. The normalized spacial score (nSPS) is 13.8. The Balaban J connectivity index is 1.54. The van der Waals surface area contributed by atoms with Gasteiger partial charge in [-0.1, -0.05) is 54.6 Å². The van der Waals surface area contributed by atoms with Crippen molar-refractivity contribution in [1.29, 1.82) is 0 Å². The van der Waals surface area contributed by atoms with Crippen molar-refractivity contribution >= 4 is 17.7 Å². The molecular formula is C25H21FN2O3. The number of rotatable bonds is 7. The topological polar surface area (TPSA) is 66.5 Å². The standard InChI is InChI=1S/C25H21FN2O3/c26-19-10-6-9-18(15-19)13-14-27-23(29)22(16-17-7-2-1-3-8-17)28-24(30)20-11-4-5-12-21(20)25(28)31/h1-12,15,22H,13-14,16H2,(H,27,29)/t22-/m0/s1. The molecule has 3 aromatic carbocycles. The van der Waals surface area contributed by atoms with Gasteiger partial charge < -0.3 is 5.32 Å². The smallest absolute Gasteiger partial charge is 0.262 e. The van der Waals surface area contributed by atoms with Gasteiger partial charge in [0.15, 0.2) is 0 Å². The lowest BCUT2D eigenvalue weighted by Crippen LogP contribution is -2.51. The van der Waals surface area contributed by atoms with Crippen LogP contribution in [-0.2, 0) is 17.6 Å². The fourth-order valence-electron chi connectivity index (χ4n) is 3.77. The van der Waals surface area contributed by atoms with Crippen LogP contribution in [0, 0.1) is 5.82 Å². The third kappa shape index (κ3) is 4.38. The molecule has 0 unspecified atom stereocenters. The predicted octanol–water partition coefficient (Wildman–Crippen LogP) is 3.39. The third-order valence-corrected chi connectivity index (χ3v) is 5.31. The largest absolute Gasteiger partial charge is 0.354 e. The Bertz CT molecular complexity index is 1100. The Kier molecular flexibility index (Phi) is 5.89. The Hall–Kier alpha value is -3.80. The van der Waals surface area contributed by atoms with Crippen LogP contribution in [0.3, 0.4) is 0 Å². The zero-order valence-electron chi connectivity index (χ0n) is 16.8. The minimum absolute atomic E-state index is 0.206. The van der Waals surface area contributed by atoms with Gasteiger partial charge in [-0.15, -0.1) is 0 Å². The molecule has 1 heterocycles. The molecule has 156 valence electrons. The molecule has 3 aromatic rings. The van der Waals surface area contributed by atoms with E-state index in [0.717, 1.165) is 16.0 Å². The van der Waals surface area contributed by atoms with E-state index in [9.17, 15) is 18.8 Å². The Labute approximate surface area is 179 Å². The molecule has 1 aliphatic heterocycles. The van der Waals surface area contributed by atoms with Crippen LogP contribution in [0.15, 0.2) is 78.9 Å². The van der Waals surface area contributed by atoms with Crippen molar-refractivity contribution in [3.63, 3.8) is 0 Å². The van der Waals surface area contributed by atoms with Crippen molar-refractivity contribution in [2.24, 2.45) is 0 Å². The maximum atomic E-state index is 13.4.